The Morgan fingerprint density at radius 1 is 1.37 bits per heavy atom. The summed E-state index contributed by atoms with van der Waals surface area (Å²) in [6, 6.07) is 8.17. The number of allylic oxidation sites excluding steroid dienone is 2. The van der Waals surface area contributed by atoms with Crippen LogP contribution in [0.3, 0.4) is 0 Å². The van der Waals surface area contributed by atoms with Crippen LogP contribution in [-0.2, 0) is 13.0 Å². The van der Waals surface area contributed by atoms with Crippen molar-refractivity contribution in [3.8, 4) is 16.9 Å². The minimum absolute atomic E-state index is 0.469. The molecule has 1 aliphatic rings. The fourth-order valence-corrected chi connectivity index (χ4v) is 4.41. The average Bonchev–Trinajstić information content (AvgIpc) is 3.28. The number of aryl methyl sites for hydroxylation is 1. The van der Waals surface area contributed by atoms with E-state index in [4.69, 9.17) is 21.4 Å². The normalized spacial score (nSPS) is 13.8. The summed E-state index contributed by atoms with van der Waals surface area (Å²) >= 11 is 7.80. The van der Waals surface area contributed by atoms with Crippen molar-refractivity contribution in [2.24, 2.45) is 0 Å². The fourth-order valence-electron chi connectivity index (χ4n) is 3.70. The number of pyridine rings is 1. The van der Waals surface area contributed by atoms with E-state index in [2.05, 4.69) is 56.0 Å². The van der Waals surface area contributed by atoms with Crippen LogP contribution < -0.4 is 4.74 Å². The fraction of sp³-hybridized carbons (Fsp3) is 0.286. The molecule has 0 saturated carbocycles. The van der Waals surface area contributed by atoms with Crippen LogP contribution in [0.5, 0.6) is 5.75 Å². The number of nitrogens with zero attached hydrogens (tertiary/aromatic N) is 3. The second-order valence-corrected chi connectivity index (χ2v) is 7.44. The number of fused-ring (bicyclic) bond motifs is 2. The van der Waals surface area contributed by atoms with Gasteiger partial charge in [-0.2, -0.15) is 0 Å². The first kappa shape index (κ1) is 18.5. The Hall–Kier alpha value is -1.90. The second-order valence-electron chi connectivity index (χ2n) is 6.46. The molecular weight excluding hydrogens is 421 g/mol. The molecule has 0 saturated heterocycles. The van der Waals surface area contributed by atoms with Crippen molar-refractivity contribution in [1.29, 1.82) is 0 Å². The standard InChI is InChI=1S/C21H21AsClN3O/c1-2-14(13-22)21-20(19-4-3-10-26(19)25-21)17-7-9-24-18-12-15(27-11-8-23)5-6-16(17)18/h2,5-7,9,12-13,22H,3-4,8,10-11H2,1H3. The first-order chi connectivity index (χ1) is 13.3. The zero-order valence-corrected chi connectivity index (χ0v) is 18.1. The van der Waals surface area contributed by atoms with Crippen LogP contribution in [0.1, 0.15) is 24.7 Å². The Morgan fingerprint density at radius 2 is 2.26 bits per heavy atom. The summed E-state index contributed by atoms with van der Waals surface area (Å²) in [6.45, 7) is 3.54. The Morgan fingerprint density at radius 3 is 3.04 bits per heavy atom. The van der Waals surface area contributed by atoms with Gasteiger partial charge in [0.2, 0.25) is 0 Å². The van der Waals surface area contributed by atoms with Gasteiger partial charge in [0.1, 0.15) is 0 Å². The van der Waals surface area contributed by atoms with Crippen molar-refractivity contribution in [3.63, 3.8) is 0 Å². The molecule has 2 aromatic heterocycles. The number of ether oxygens (including phenoxy) is 1. The number of benzene rings is 1. The molecule has 4 rings (SSSR count). The van der Waals surface area contributed by atoms with Crippen LogP contribution in [0.2, 0.25) is 0 Å². The van der Waals surface area contributed by atoms with Crippen molar-refractivity contribution in [2.75, 3.05) is 12.5 Å². The summed E-state index contributed by atoms with van der Waals surface area (Å²) < 4.78 is 7.83. The van der Waals surface area contributed by atoms with E-state index in [1.807, 2.05) is 18.3 Å². The molecule has 0 N–H and O–H groups in total. The van der Waals surface area contributed by atoms with Crippen LogP contribution in [0, 0.1) is 0 Å². The molecule has 138 valence electrons. The third-order valence-corrected chi connectivity index (χ3v) is 5.72. The number of alkyl halides is 1. The van der Waals surface area contributed by atoms with E-state index in [-0.39, 0.29) is 0 Å². The minimum atomic E-state index is 0.469. The first-order valence-electron chi connectivity index (χ1n) is 9.11. The molecule has 4 nitrogen and oxygen atoms in total. The molecule has 0 unspecified atom stereocenters. The van der Waals surface area contributed by atoms with Crippen LogP contribution in [0.4, 0.5) is 0 Å². The molecule has 0 radical (unpaired) electrons. The molecule has 0 bridgehead atoms. The van der Waals surface area contributed by atoms with E-state index in [0.29, 0.717) is 12.5 Å². The molecule has 0 amide bonds. The van der Waals surface area contributed by atoms with Gasteiger partial charge in [-0.15, -0.1) is 11.6 Å². The van der Waals surface area contributed by atoms with Gasteiger partial charge in [0.05, 0.1) is 0 Å². The van der Waals surface area contributed by atoms with E-state index in [0.717, 1.165) is 41.7 Å². The topological polar surface area (TPSA) is 39.9 Å². The van der Waals surface area contributed by atoms with Crippen LogP contribution in [-0.4, -0.2) is 48.5 Å². The van der Waals surface area contributed by atoms with Crippen molar-refractivity contribution in [2.45, 2.75) is 26.3 Å². The van der Waals surface area contributed by atoms with Crippen molar-refractivity contribution in [3.05, 3.63) is 47.9 Å². The van der Waals surface area contributed by atoms with Gasteiger partial charge in [0, 0.05) is 0 Å². The van der Waals surface area contributed by atoms with E-state index < -0.39 is 0 Å². The first-order valence-corrected chi connectivity index (χ1v) is 10.9. The summed E-state index contributed by atoms with van der Waals surface area (Å²) in [5, 5.41) is 6.05. The van der Waals surface area contributed by atoms with Gasteiger partial charge < -0.3 is 0 Å². The van der Waals surface area contributed by atoms with Crippen LogP contribution in [0.25, 0.3) is 27.6 Å². The molecule has 3 aromatic rings. The Labute approximate surface area is 172 Å². The third kappa shape index (κ3) is 3.37. The van der Waals surface area contributed by atoms with Gasteiger partial charge in [0.15, 0.2) is 0 Å². The number of aromatic nitrogens is 3. The second kappa shape index (κ2) is 8.00. The molecule has 1 aromatic carbocycles. The quantitative estimate of drug-likeness (QED) is 0.432. The molecule has 0 atom stereocenters. The van der Waals surface area contributed by atoms with Crippen LogP contribution >= 0.6 is 11.6 Å². The maximum absolute atomic E-state index is 5.73. The molecule has 6 heteroatoms. The molecule has 0 spiro atoms. The summed E-state index contributed by atoms with van der Waals surface area (Å²) in [5.41, 5.74) is 6.89. The predicted molar refractivity (Wildman–Crippen MR) is 114 cm³/mol. The van der Waals surface area contributed by atoms with E-state index in [1.54, 1.807) is 0 Å². The van der Waals surface area contributed by atoms with Gasteiger partial charge in [0.25, 0.3) is 0 Å². The predicted octanol–water partition coefficient (Wildman–Crippen LogP) is 3.77. The molecular formula is C21H21AsClN3O. The average molecular weight is 442 g/mol. The molecule has 0 aliphatic carbocycles. The summed E-state index contributed by atoms with van der Waals surface area (Å²) in [5.74, 6) is 1.26. The Bertz CT molecular complexity index is 1040. The zero-order valence-electron chi connectivity index (χ0n) is 15.2. The molecule has 0 fully saturated rings. The van der Waals surface area contributed by atoms with E-state index >= 15 is 0 Å². The number of halogens is 1. The number of hydrogen-bond acceptors (Lipinski definition) is 3. The SMILES string of the molecule is CC=C(C=[AsH])c1nn2c(c1-c1ccnc3cc(OCCCl)ccc13)CCC2. The van der Waals surface area contributed by atoms with Crippen molar-refractivity contribution in [1.82, 2.24) is 14.8 Å². The van der Waals surface area contributed by atoms with E-state index in [9.17, 15) is 0 Å². The summed E-state index contributed by atoms with van der Waals surface area (Å²) in [4.78, 5) is 6.69. The number of rotatable bonds is 6. The zero-order chi connectivity index (χ0) is 18.8. The molecule has 27 heavy (non-hydrogen) atoms. The summed E-state index contributed by atoms with van der Waals surface area (Å²) in [7, 11) is 0. The maximum atomic E-state index is 5.73. The molecule has 1 aliphatic heterocycles. The van der Waals surface area contributed by atoms with Crippen molar-refractivity contribution < 1.29 is 4.74 Å². The van der Waals surface area contributed by atoms with Crippen LogP contribution in [0.15, 0.2) is 36.5 Å². The number of hydrogen-bond donors (Lipinski definition) is 0. The van der Waals surface area contributed by atoms with Gasteiger partial charge in [-0.3, -0.25) is 0 Å². The summed E-state index contributed by atoms with van der Waals surface area (Å²) in [6.07, 6.45) is 6.21. The van der Waals surface area contributed by atoms with Gasteiger partial charge in [-0.05, 0) is 0 Å². The third-order valence-electron chi connectivity index (χ3n) is 4.91. The van der Waals surface area contributed by atoms with Crippen molar-refractivity contribution >= 4 is 49.3 Å². The van der Waals surface area contributed by atoms with Gasteiger partial charge in [-0.25, -0.2) is 0 Å². The van der Waals surface area contributed by atoms with Gasteiger partial charge >= 0.3 is 161 Å². The van der Waals surface area contributed by atoms with E-state index in [1.165, 1.54) is 22.4 Å². The molecule has 3 heterocycles. The Kier molecular flexibility index (Phi) is 5.47. The monoisotopic (exact) mass is 441 g/mol. The van der Waals surface area contributed by atoms with Gasteiger partial charge in [-0.1, -0.05) is 0 Å². The Balaban J connectivity index is 1.91.